The lowest BCUT2D eigenvalue weighted by Crippen LogP contribution is -2.45. The number of thiazole rings is 1. The zero-order valence-electron chi connectivity index (χ0n) is 17.1. The summed E-state index contributed by atoms with van der Waals surface area (Å²) in [7, 11) is -3.71. The van der Waals surface area contributed by atoms with E-state index in [9.17, 15) is 13.2 Å². The Morgan fingerprint density at radius 2 is 2.14 bits per heavy atom. The summed E-state index contributed by atoms with van der Waals surface area (Å²) < 4.78 is 32.4. The molecule has 1 fully saturated rings. The number of carbonyl (C=O) groups excluding carboxylic acids is 1. The third kappa shape index (κ3) is 5.23. The lowest BCUT2D eigenvalue weighted by Gasteiger charge is -2.31. The predicted octanol–water partition coefficient (Wildman–Crippen LogP) is 2.60. The average Bonchev–Trinajstić information content (AvgIpc) is 3.26. The lowest BCUT2D eigenvalue weighted by atomic mass is 9.99. The van der Waals surface area contributed by atoms with Gasteiger partial charge in [0.25, 0.3) is 0 Å². The molecule has 8 nitrogen and oxygen atoms in total. The number of piperidine rings is 1. The van der Waals surface area contributed by atoms with Crippen LogP contribution in [0, 0.1) is 26.7 Å². The topological polar surface area (TPSA) is 105 Å². The van der Waals surface area contributed by atoms with Crippen molar-refractivity contribution in [2.45, 2.75) is 57.8 Å². The van der Waals surface area contributed by atoms with Gasteiger partial charge in [-0.3, -0.25) is 4.79 Å². The molecule has 0 saturated carbocycles. The summed E-state index contributed by atoms with van der Waals surface area (Å²) in [6.45, 7) is 6.38. The van der Waals surface area contributed by atoms with Gasteiger partial charge < -0.3 is 9.84 Å². The fourth-order valence-corrected chi connectivity index (χ4v) is 6.25. The van der Waals surface area contributed by atoms with Crippen molar-refractivity contribution >= 4 is 27.3 Å². The highest BCUT2D eigenvalue weighted by atomic mass is 32.2. The standard InChI is InChI=1S/C19H28N4O4S2/c1-13-12-28-17(21-13)8-4-5-9-20-19(24)16-7-6-10-23(11-16)29(25,26)18-14(2)22-27-15(18)3/h12,16H,4-11H2,1-3H3,(H,20,24). The summed E-state index contributed by atoms with van der Waals surface area (Å²) in [5.74, 6) is -0.126. The maximum absolute atomic E-state index is 13.0. The summed E-state index contributed by atoms with van der Waals surface area (Å²) in [6, 6.07) is 0. The Hall–Kier alpha value is -1.78. The van der Waals surface area contributed by atoms with Crippen LogP contribution >= 0.6 is 11.3 Å². The molecule has 0 aromatic carbocycles. The Morgan fingerprint density at radius 3 is 2.79 bits per heavy atom. The van der Waals surface area contributed by atoms with Crippen molar-refractivity contribution in [1.29, 1.82) is 0 Å². The molecule has 1 saturated heterocycles. The SMILES string of the molecule is Cc1csc(CCCCNC(=O)C2CCCN(S(=O)(=O)c3c(C)noc3C)C2)n1. The monoisotopic (exact) mass is 440 g/mol. The van der Waals surface area contributed by atoms with Gasteiger partial charge >= 0.3 is 0 Å². The van der Waals surface area contributed by atoms with Gasteiger partial charge in [-0.2, -0.15) is 4.31 Å². The second kappa shape index (κ2) is 9.36. The van der Waals surface area contributed by atoms with E-state index in [4.69, 9.17) is 4.52 Å². The number of nitrogens with one attached hydrogen (secondary N) is 1. The number of aromatic nitrogens is 2. The number of amides is 1. The van der Waals surface area contributed by atoms with Crippen LogP contribution in [0.4, 0.5) is 0 Å². The molecule has 0 spiro atoms. The minimum absolute atomic E-state index is 0.0752. The zero-order chi connectivity index (χ0) is 21.0. The van der Waals surface area contributed by atoms with E-state index in [0.717, 1.165) is 30.0 Å². The van der Waals surface area contributed by atoms with Crippen molar-refractivity contribution < 1.29 is 17.7 Å². The highest BCUT2D eigenvalue weighted by molar-refractivity contribution is 7.89. The molecule has 29 heavy (non-hydrogen) atoms. The van der Waals surface area contributed by atoms with Gasteiger partial charge in [-0.1, -0.05) is 5.16 Å². The summed E-state index contributed by atoms with van der Waals surface area (Å²) in [6.07, 6.45) is 4.10. The Morgan fingerprint density at radius 1 is 1.34 bits per heavy atom. The smallest absolute Gasteiger partial charge is 0.248 e. The van der Waals surface area contributed by atoms with Gasteiger partial charge in [0.05, 0.1) is 10.9 Å². The van der Waals surface area contributed by atoms with Crippen molar-refractivity contribution in [3.8, 4) is 0 Å². The number of hydrogen-bond donors (Lipinski definition) is 1. The number of rotatable bonds is 8. The van der Waals surface area contributed by atoms with Gasteiger partial charge in [-0.15, -0.1) is 11.3 Å². The van der Waals surface area contributed by atoms with Crippen LogP contribution < -0.4 is 5.32 Å². The molecular weight excluding hydrogens is 412 g/mol. The van der Waals surface area contributed by atoms with E-state index in [2.05, 4.69) is 15.5 Å². The molecule has 3 heterocycles. The summed E-state index contributed by atoms with van der Waals surface area (Å²) >= 11 is 1.67. The molecule has 0 aliphatic carbocycles. The molecule has 1 aliphatic heterocycles. The van der Waals surface area contributed by atoms with Gasteiger partial charge in [-0.05, 0) is 52.9 Å². The molecular formula is C19H28N4O4S2. The molecule has 1 aliphatic rings. The normalized spacial score (nSPS) is 18.1. The first kappa shape index (κ1) is 21.9. The molecule has 10 heteroatoms. The van der Waals surface area contributed by atoms with Crippen molar-refractivity contribution in [1.82, 2.24) is 19.8 Å². The highest BCUT2D eigenvalue weighted by Gasteiger charge is 2.36. The molecule has 1 atom stereocenters. The van der Waals surface area contributed by atoms with Crippen LogP contribution in [0.2, 0.25) is 0 Å². The number of nitrogens with zero attached hydrogens (tertiary/aromatic N) is 3. The maximum Gasteiger partial charge on any atom is 0.248 e. The largest absolute Gasteiger partial charge is 0.360 e. The molecule has 1 N–H and O–H groups in total. The van der Waals surface area contributed by atoms with Crippen molar-refractivity contribution in [3.63, 3.8) is 0 Å². The van der Waals surface area contributed by atoms with Crippen LogP contribution in [0.5, 0.6) is 0 Å². The number of aryl methyl sites for hydroxylation is 4. The Bertz CT molecular complexity index is 932. The number of unbranched alkanes of at least 4 members (excludes halogenated alkanes) is 1. The first-order valence-corrected chi connectivity index (χ1v) is 12.2. The number of hydrogen-bond acceptors (Lipinski definition) is 7. The average molecular weight is 441 g/mol. The first-order valence-electron chi connectivity index (χ1n) is 9.90. The molecule has 2 aromatic rings. The van der Waals surface area contributed by atoms with E-state index < -0.39 is 10.0 Å². The Balaban J connectivity index is 1.49. The van der Waals surface area contributed by atoms with Crippen LogP contribution in [-0.4, -0.2) is 48.4 Å². The molecule has 2 aromatic heterocycles. The fourth-order valence-electron chi connectivity index (χ4n) is 3.62. The van der Waals surface area contributed by atoms with Gasteiger partial charge in [-0.25, -0.2) is 13.4 Å². The highest BCUT2D eigenvalue weighted by Crippen LogP contribution is 2.27. The van der Waals surface area contributed by atoms with Crippen LogP contribution in [0.25, 0.3) is 0 Å². The fraction of sp³-hybridized carbons (Fsp3) is 0.632. The molecule has 0 bridgehead atoms. The minimum atomic E-state index is -3.71. The summed E-state index contributed by atoms with van der Waals surface area (Å²) in [5.41, 5.74) is 1.40. The van der Waals surface area contributed by atoms with Crippen molar-refractivity contribution in [2.24, 2.45) is 5.92 Å². The zero-order valence-corrected chi connectivity index (χ0v) is 18.7. The van der Waals surface area contributed by atoms with Crippen LogP contribution in [0.15, 0.2) is 14.8 Å². The molecule has 160 valence electrons. The molecule has 1 amide bonds. The van der Waals surface area contributed by atoms with E-state index in [-0.39, 0.29) is 29.0 Å². The van der Waals surface area contributed by atoms with Crippen LogP contribution in [0.1, 0.15) is 47.8 Å². The first-order chi connectivity index (χ1) is 13.8. The maximum atomic E-state index is 13.0. The van der Waals surface area contributed by atoms with E-state index in [1.807, 2.05) is 12.3 Å². The molecule has 0 radical (unpaired) electrons. The third-order valence-electron chi connectivity index (χ3n) is 5.10. The van der Waals surface area contributed by atoms with E-state index >= 15 is 0 Å². The van der Waals surface area contributed by atoms with E-state index in [0.29, 0.717) is 31.6 Å². The molecule has 3 rings (SSSR count). The molecule has 1 unspecified atom stereocenters. The van der Waals surface area contributed by atoms with Gasteiger partial charge in [0, 0.05) is 30.7 Å². The van der Waals surface area contributed by atoms with E-state index in [1.54, 1.807) is 25.2 Å². The lowest BCUT2D eigenvalue weighted by molar-refractivity contribution is -0.126. The van der Waals surface area contributed by atoms with Gasteiger partial charge in [0.1, 0.15) is 10.6 Å². The number of carbonyl (C=O) groups is 1. The van der Waals surface area contributed by atoms with Gasteiger partial charge in [0.2, 0.25) is 15.9 Å². The third-order valence-corrected chi connectivity index (χ3v) is 8.24. The summed E-state index contributed by atoms with van der Waals surface area (Å²) in [5, 5.41) is 9.88. The van der Waals surface area contributed by atoms with Crippen LogP contribution in [-0.2, 0) is 21.2 Å². The van der Waals surface area contributed by atoms with Crippen molar-refractivity contribution in [3.05, 3.63) is 27.5 Å². The van der Waals surface area contributed by atoms with Gasteiger partial charge in [0.15, 0.2) is 5.76 Å². The minimum Gasteiger partial charge on any atom is -0.360 e. The van der Waals surface area contributed by atoms with Crippen molar-refractivity contribution in [2.75, 3.05) is 19.6 Å². The van der Waals surface area contributed by atoms with E-state index in [1.165, 1.54) is 4.31 Å². The van der Waals surface area contributed by atoms with Crippen LogP contribution in [0.3, 0.4) is 0 Å². The summed E-state index contributed by atoms with van der Waals surface area (Å²) in [4.78, 5) is 17.1. The second-order valence-corrected chi connectivity index (χ2v) is 10.3. The second-order valence-electron chi connectivity index (χ2n) is 7.49. The Labute approximate surface area is 175 Å². The predicted molar refractivity (Wildman–Crippen MR) is 110 cm³/mol. The Kier molecular flexibility index (Phi) is 7.07. The quantitative estimate of drug-likeness (QED) is 0.633. The number of sulfonamides is 1.